The molecule has 3 aromatic carbocycles. The molecular formula is C39H37ClFN3O6. The molecule has 2 aliphatic heterocycles. The lowest BCUT2D eigenvalue weighted by Crippen LogP contribution is -2.53. The Kier molecular flexibility index (Phi) is 7.97. The molecule has 2 saturated carbocycles. The van der Waals surface area contributed by atoms with Crippen LogP contribution in [0.25, 0.3) is 0 Å². The average Bonchev–Trinajstić information content (AvgIpc) is 3.50. The van der Waals surface area contributed by atoms with Crippen LogP contribution in [0, 0.1) is 29.5 Å². The van der Waals surface area contributed by atoms with E-state index in [9.17, 15) is 23.9 Å². The highest BCUT2D eigenvalue weighted by Gasteiger charge is 2.70. The van der Waals surface area contributed by atoms with Crippen molar-refractivity contribution in [3.05, 3.63) is 100 Å². The lowest BCUT2D eigenvalue weighted by molar-refractivity contribution is -0.144. The van der Waals surface area contributed by atoms with Crippen LogP contribution in [0.15, 0.2) is 78.4 Å². The van der Waals surface area contributed by atoms with Gasteiger partial charge in [0.25, 0.3) is 11.8 Å². The summed E-state index contributed by atoms with van der Waals surface area (Å²) < 4.78 is 19.2. The number of nitrogens with zero attached hydrogens (tertiary/aromatic N) is 2. The molecule has 3 aliphatic carbocycles. The minimum atomic E-state index is -1.53. The zero-order chi connectivity index (χ0) is 34.9. The van der Waals surface area contributed by atoms with Gasteiger partial charge in [-0.1, -0.05) is 60.7 Å². The topological polar surface area (TPSA) is 116 Å². The Balaban J connectivity index is 1.31. The van der Waals surface area contributed by atoms with E-state index in [0.717, 1.165) is 42.7 Å². The van der Waals surface area contributed by atoms with Crippen molar-refractivity contribution < 1.29 is 33.4 Å². The van der Waals surface area contributed by atoms with E-state index in [0.29, 0.717) is 28.3 Å². The molecule has 6 unspecified atom stereocenters. The molecule has 5 aliphatic rings. The second-order valence-corrected chi connectivity index (χ2v) is 14.6. The summed E-state index contributed by atoms with van der Waals surface area (Å²) in [5.74, 6) is -5.26. The van der Waals surface area contributed by atoms with Gasteiger partial charge in [-0.05, 0) is 91.3 Å². The number of likely N-dealkylation sites (tertiary alicyclic amines) is 1. The van der Waals surface area contributed by atoms with Gasteiger partial charge in [0, 0.05) is 17.0 Å². The Labute approximate surface area is 294 Å². The number of benzene rings is 3. The van der Waals surface area contributed by atoms with Gasteiger partial charge in [0.15, 0.2) is 11.5 Å². The van der Waals surface area contributed by atoms with Crippen LogP contribution in [0.5, 0.6) is 11.5 Å². The number of allylic oxidation sites excluding steroid dienone is 2. The van der Waals surface area contributed by atoms with E-state index in [2.05, 4.69) is 5.43 Å². The zero-order valence-corrected chi connectivity index (χ0v) is 28.2. The molecule has 50 heavy (non-hydrogen) atoms. The lowest BCUT2D eigenvalue weighted by Gasteiger charge is -2.50. The second-order valence-electron chi connectivity index (χ2n) is 14.1. The molecule has 11 heteroatoms. The number of phenols is 1. The highest BCUT2D eigenvalue weighted by Crippen LogP contribution is 2.64. The van der Waals surface area contributed by atoms with Gasteiger partial charge in [0.1, 0.15) is 5.82 Å². The predicted molar refractivity (Wildman–Crippen MR) is 182 cm³/mol. The molecule has 258 valence electrons. The summed E-state index contributed by atoms with van der Waals surface area (Å²) in [6, 6.07) is 17.0. The first kappa shape index (κ1) is 32.5. The maximum absolute atomic E-state index is 15.2. The normalized spacial score (nSPS) is 29.4. The van der Waals surface area contributed by atoms with E-state index in [1.807, 2.05) is 6.08 Å². The van der Waals surface area contributed by atoms with E-state index in [1.54, 1.807) is 42.5 Å². The van der Waals surface area contributed by atoms with Crippen LogP contribution < -0.4 is 10.2 Å². The van der Waals surface area contributed by atoms with Crippen LogP contribution in [0.3, 0.4) is 0 Å². The van der Waals surface area contributed by atoms with Gasteiger partial charge in [-0.25, -0.2) is 4.39 Å². The number of nitrogens with one attached hydrogen (secondary N) is 1. The van der Waals surface area contributed by atoms with Crippen molar-refractivity contribution in [2.24, 2.45) is 23.7 Å². The number of imide groups is 2. The zero-order valence-electron chi connectivity index (χ0n) is 27.5. The van der Waals surface area contributed by atoms with Crippen molar-refractivity contribution >= 4 is 40.9 Å². The highest BCUT2D eigenvalue weighted by molar-refractivity contribution is 6.30. The van der Waals surface area contributed by atoms with Crippen molar-refractivity contribution in [2.75, 3.05) is 12.5 Å². The third-order valence-corrected chi connectivity index (χ3v) is 12.0. The monoisotopic (exact) mass is 697 g/mol. The Morgan fingerprint density at radius 2 is 1.62 bits per heavy atom. The smallest absolute Gasteiger partial charge is 0.260 e. The number of ether oxygens (including phenoxy) is 1. The SMILES string of the molecule is COc1ccc(C2C3=CCC4C(=O)N(C5CCCCC5)C(=O)C4C3CC3C(=O)N(Nc4ccc(F)cc4)C(=O)C32c2ccc(Cl)cc2)cc1O. The summed E-state index contributed by atoms with van der Waals surface area (Å²) in [6.45, 7) is 0. The first-order valence-electron chi connectivity index (χ1n) is 17.3. The minimum Gasteiger partial charge on any atom is -0.504 e. The number of hydrazine groups is 1. The highest BCUT2D eigenvalue weighted by atomic mass is 35.5. The van der Waals surface area contributed by atoms with Crippen molar-refractivity contribution in [2.45, 2.75) is 62.3 Å². The van der Waals surface area contributed by atoms with E-state index in [1.165, 1.54) is 36.3 Å². The van der Waals surface area contributed by atoms with E-state index in [-0.39, 0.29) is 35.8 Å². The summed E-state index contributed by atoms with van der Waals surface area (Å²) in [5.41, 5.74) is 3.66. The summed E-state index contributed by atoms with van der Waals surface area (Å²) in [4.78, 5) is 59.9. The van der Waals surface area contributed by atoms with Crippen LogP contribution in [-0.2, 0) is 24.6 Å². The van der Waals surface area contributed by atoms with Crippen molar-refractivity contribution in [3.63, 3.8) is 0 Å². The van der Waals surface area contributed by atoms with Crippen LogP contribution in [-0.4, -0.2) is 51.8 Å². The molecule has 0 bridgehead atoms. The summed E-state index contributed by atoms with van der Waals surface area (Å²) in [6.07, 6.45) is 7.05. The number of carbonyl (C=O) groups excluding carboxylic acids is 4. The Morgan fingerprint density at radius 1 is 0.900 bits per heavy atom. The number of rotatable bonds is 6. The van der Waals surface area contributed by atoms with E-state index >= 15 is 4.79 Å². The van der Waals surface area contributed by atoms with Gasteiger partial charge >= 0.3 is 0 Å². The number of hydrogen-bond acceptors (Lipinski definition) is 7. The summed E-state index contributed by atoms with van der Waals surface area (Å²) in [7, 11) is 1.44. The van der Waals surface area contributed by atoms with Crippen molar-refractivity contribution in [3.8, 4) is 11.5 Å². The molecule has 2 heterocycles. The molecule has 4 amide bonds. The van der Waals surface area contributed by atoms with E-state index < -0.39 is 52.6 Å². The third kappa shape index (κ3) is 4.78. The lowest BCUT2D eigenvalue weighted by atomic mass is 9.49. The average molecular weight is 698 g/mol. The molecular weight excluding hydrogens is 661 g/mol. The fourth-order valence-corrected chi connectivity index (χ4v) is 9.77. The van der Waals surface area contributed by atoms with Gasteiger partial charge in [-0.2, -0.15) is 5.01 Å². The molecule has 9 nitrogen and oxygen atoms in total. The van der Waals surface area contributed by atoms with Crippen molar-refractivity contribution in [1.82, 2.24) is 9.91 Å². The molecule has 2 N–H and O–H groups in total. The number of methoxy groups -OCH3 is 1. The van der Waals surface area contributed by atoms with Gasteiger partial charge in [0.2, 0.25) is 11.8 Å². The van der Waals surface area contributed by atoms with Crippen LogP contribution in [0.1, 0.15) is 62.0 Å². The molecule has 4 fully saturated rings. The molecule has 3 aromatic rings. The fourth-order valence-electron chi connectivity index (χ4n) is 9.64. The van der Waals surface area contributed by atoms with Crippen molar-refractivity contribution in [1.29, 1.82) is 0 Å². The molecule has 0 spiro atoms. The fraction of sp³-hybridized carbons (Fsp3) is 0.385. The van der Waals surface area contributed by atoms with Gasteiger partial charge in [0.05, 0.1) is 36.0 Å². The first-order valence-corrected chi connectivity index (χ1v) is 17.6. The second kappa shape index (κ2) is 12.3. The third-order valence-electron chi connectivity index (χ3n) is 11.8. The summed E-state index contributed by atoms with van der Waals surface area (Å²) in [5, 5.41) is 12.5. The quantitative estimate of drug-likeness (QED) is 0.223. The van der Waals surface area contributed by atoms with Crippen LogP contribution >= 0.6 is 11.6 Å². The number of anilines is 1. The number of hydrogen-bond donors (Lipinski definition) is 2. The largest absolute Gasteiger partial charge is 0.504 e. The number of amides is 4. The Hall–Kier alpha value is -4.70. The number of aromatic hydroxyl groups is 1. The first-order chi connectivity index (χ1) is 24.1. The van der Waals surface area contributed by atoms with Gasteiger partial charge in [-0.15, -0.1) is 0 Å². The maximum atomic E-state index is 15.2. The maximum Gasteiger partial charge on any atom is 0.260 e. The summed E-state index contributed by atoms with van der Waals surface area (Å²) >= 11 is 6.35. The van der Waals surface area contributed by atoms with Crippen LogP contribution in [0.2, 0.25) is 5.02 Å². The van der Waals surface area contributed by atoms with Gasteiger partial charge in [-0.3, -0.25) is 29.5 Å². The van der Waals surface area contributed by atoms with Crippen LogP contribution in [0.4, 0.5) is 10.1 Å². The Bertz CT molecular complexity index is 1930. The predicted octanol–water partition coefficient (Wildman–Crippen LogP) is 6.51. The molecule has 2 saturated heterocycles. The number of halogens is 2. The molecule has 0 aromatic heterocycles. The standard InChI is InChI=1S/C39H37ClFN3O6/c1-50-32-18-7-21(19-31(32)45)34-27-16-17-28-33(37(48)43(35(28)46)26-5-3-2-4-6-26)29(27)20-30-36(47)44(42-25-14-12-24(41)13-15-25)38(49)39(30,34)22-8-10-23(40)11-9-22/h7-16,18-19,26,28-30,33-34,42,45H,2-6,17,20H2,1H3. The number of phenolic OH excluding ortho intramolecular Hbond substituents is 1. The van der Waals surface area contributed by atoms with Gasteiger partial charge < -0.3 is 9.84 Å². The van der Waals surface area contributed by atoms with E-state index in [4.69, 9.17) is 16.3 Å². The minimum absolute atomic E-state index is 0.131. The molecule has 0 radical (unpaired) electrons. The Morgan fingerprint density at radius 3 is 2.30 bits per heavy atom. The molecule has 8 rings (SSSR count). The number of carbonyl (C=O) groups is 4. The number of fused-ring (bicyclic) bond motifs is 4. The molecule has 6 atom stereocenters.